The third-order valence-electron chi connectivity index (χ3n) is 2.17. The number of non-ortho nitro benzene ring substituents is 1. The Morgan fingerprint density at radius 1 is 1.14 bits per heavy atom. The average molecular weight is 186 g/mol. The Hall–Kier alpha value is -1.90. The van der Waals surface area contributed by atoms with Gasteiger partial charge in [0.1, 0.15) is 0 Å². The summed E-state index contributed by atoms with van der Waals surface area (Å²) in [6.45, 7) is 3.79. The second kappa shape index (κ2) is 3.10. The van der Waals surface area contributed by atoms with E-state index in [1.807, 2.05) is 18.2 Å². The van der Waals surface area contributed by atoms with Gasteiger partial charge in [0.2, 0.25) is 0 Å². The maximum Gasteiger partial charge on any atom is 0.277 e. The largest absolute Gasteiger partial charge is 0.277 e. The first-order valence-electron chi connectivity index (χ1n) is 4.18. The molecule has 0 unspecified atom stereocenters. The fourth-order valence-electron chi connectivity index (χ4n) is 1.55. The molecule has 0 aromatic heterocycles. The molecule has 0 bridgehead atoms. The van der Waals surface area contributed by atoms with Crippen LogP contribution in [0.3, 0.4) is 0 Å². The topological polar surface area (TPSA) is 43.1 Å². The molecule has 0 N–H and O–H groups in total. The molecular formula is C11H8NO2. The van der Waals surface area contributed by atoms with E-state index < -0.39 is 0 Å². The minimum absolute atomic E-state index is 0.119. The number of nitro groups is 1. The quantitative estimate of drug-likeness (QED) is 0.507. The minimum Gasteiger partial charge on any atom is -0.258 e. The predicted octanol–water partition coefficient (Wildman–Crippen LogP) is 2.93. The van der Waals surface area contributed by atoms with E-state index >= 15 is 0 Å². The number of rotatable bonds is 1. The van der Waals surface area contributed by atoms with Gasteiger partial charge in [0.25, 0.3) is 5.69 Å². The Kier molecular flexibility index (Phi) is 1.93. The molecule has 0 fully saturated rings. The third kappa shape index (κ3) is 1.23. The van der Waals surface area contributed by atoms with Gasteiger partial charge in [-0.05, 0) is 17.9 Å². The van der Waals surface area contributed by atoms with Crippen LogP contribution >= 0.6 is 0 Å². The molecule has 0 aliphatic rings. The zero-order valence-electron chi connectivity index (χ0n) is 7.43. The SMILES string of the molecule is [CH2]c1cccc2cccc([N+](=O)[O-])c12. The number of benzene rings is 2. The molecule has 3 heteroatoms. The first kappa shape index (κ1) is 8.69. The van der Waals surface area contributed by atoms with Crippen molar-refractivity contribution in [2.75, 3.05) is 0 Å². The lowest BCUT2D eigenvalue weighted by molar-refractivity contribution is -0.383. The maximum absolute atomic E-state index is 10.7. The summed E-state index contributed by atoms with van der Waals surface area (Å²) >= 11 is 0. The Labute approximate surface area is 81.1 Å². The Bertz CT molecular complexity index is 500. The number of nitro benzene ring substituents is 1. The van der Waals surface area contributed by atoms with Gasteiger partial charge >= 0.3 is 0 Å². The van der Waals surface area contributed by atoms with Gasteiger partial charge in [-0.25, -0.2) is 0 Å². The van der Waals surface area contributed by atoms with Crippen molar-refractivity contribution in [2.24, 2.45) is 0 Å². The monoisotopic (exact) mass is 186 g/mol. The van der Waals surface area contributed by atoms with Crippen LogP contribution < -0.4 is 0 Å². The van der Waals surface area contributed by atoms with Crippen LogP contribution in [-0.2, 0) is 0 Å². The van der Waals surface area contributed by atoms with Crippen molar-refractivity contribution in [3.05, 3.63) is 59.0 Å². The van der Waals surface area contributed by atoms with Crippen LogP contribution in [0.1, 0.15) is 5.56 Å². The van der Waals surface area contributed by atoms with Gasteiger partial charge in [-0.3, -0.25) is 10.1 Å². The lowest BCUT2D eigenvalue weighted by Gasteiger charge is -2.01. The van der Waals surface area contributed by atoms with Gasteiger partial charge in [0, 0.05) is 6.07 Å². The van der Waals surface area contributed by atoms with E-state index in [2.05, 4.69) is 6.92 Å². The highest BCUT2D eigenvalue weighted by Crippen LogP contribution is 2.27. The summed E-state index contributed by atoms with van der Waals surface area (Å²) < 4.78 is 0. The molecule has 2 rings (SSSR count). The molecule has 2 aromatic rings. The summed E-state index contributed by atoms with van der Waals surface area (Å²) in [5.41, 5.74) is 0.808. The predicted molar refractivity (Wildman–Crippen MR) is 55.1 cm³/mol. The second-order valence-electron chi connectivity index (χ2n) is 3.05. The fraction of sp³-hybridized carbons (Fsp3) is 0. The first-order chi connectivity index (χ1) is 6.70. The van der Waals surface area contributed by atoms with Gasteiger partial charge < -0.3 is 0 Å². The summed E-state index contributed by atoms with van der Waals surface area (Å²) in [4.78, 5) is 10.4. The van der Waals surface area contributed by atoms with Crippen molar-refractivity contribution in [1.82, 2.24) is 0 Å². The molecule has 0 saturated carbocycles. The van der Waals surface area contributed by atoms with Crippen LogP contribution in [0, 0.1) is 17.0 Å². The Balaban J connectivity index is 2.91. The molecule has 0 saturated heterocycles. The smallest absolute Gasteiger partial charge is 0.258 e. The van der Waals surface area contributed by atoms with Gasteiger partial charge in [-0.2, -0.15) is 0 Å². The molecule has 0 heterocycles. The standard InChI is InChI=1S/C11H8NO2/c1-8-4-2-5-9-6-3-7-10(11(8)9)12(13)14/h2-7H,1H2. The molecule has 3 nitrogen and oxygen atoms in total. The van der Waals surface area contributed by atoms with Gasteiger partial charge in [-0.15, -0.1) is 0 Å². The highest BCUT2D eigenvalue weighted by atomic mass is 16.6. The zero-order chi connectivity index (χ0) is 10.1. The van der Waals surface area contributed by atoms with Crippen LogP contribution in [0.4, 0.5) is 5.69 Å². The van der Waals surface area contributed by atoms with E-state index in [1.165, 1.54) is 6.07 Å². The zero-order valence-corrected chi connectivity index (χ0v) is 7.43. The van der Waals surface area contributed by atoms with E-state index in [0.29, 0.717) is 10.9 Å². The van der Waals surface area contributed by atoms with Crippen molar-refractivity contribution < 1.29 is 4.92 Å². The van der Waals surface area contributed by atoms with E-state index in [-0.39, 0.29) is 10.6 Å². The van der Waals surface area contributed by atoms with E-state index in [4.69, 9.17) is 0 Å². The highest BCUT2D eigenvalue weighted by molar-refractivity contribution is 5.94. The van der Waals surface area contributed by atoms with Crippen molar-refractivity contribution in [3.63, 3.8) is 0 Å². The van der Waals surface area contributed by atoms with E-state index in [0.717, 1.165) is 5.39 Å². The molecule has 1 radical (unpaired) electrons. The summed E-state index contributed by atoms with van der Waals surface area (Å²) in [6.07, 6.45) is 0. The van der Waals surface area contributed by atoms with E-state index in [1.54, 1.807) is 12.1 Å². The summed E-state index contributed by atoms with van der Waals surface area (Å²) in [7, 11) is 0. The lowest BCUT2D eigenvalue weighted by Crippen LogP contribution is -1.90. The average Bonchev–Trinajstić information content (AvgIpc) is 2.17. The van der Waals surface area contributed by atoms with E-state index in [9.17, 15) is 10.1 Å². The van der Waals surface area contributed by atoms with Crippen LogP contribution in [0.2, 0.25) is 0 Å². The van der Waals surface area contributed by atoms with Crippen molar-refractivity contribution >= 4 is 16.5 Å². The van der Waals surface area contributed by atoms with Gasteiger partial charge in [0.15, 0.2) is 0 Å². The first-order valence-corrected chi connectivity index (χ1v) is 4.18. The summed E-state index contributed by atoms with van der Waals surface area (Å²) in [5.74, 6) is 0. The molecule has 0 aliphatic heterocycles. The molecule has 2 aromatic carbocycles. The lowest BCUT2D eigenvalue weighted by atomic mass is 10.0. The maximum atomic E-state index is 10.7. The fourth-order valence-corrected chi connectivity index (χ4v) is 1.55. The molecule has 0 spiro atoms. The van der Waals surface area contributed by atoms with Crippen LogP contribution in [0.5, 0.6) is 0 Å². The normalized spacial score (nSPS) is 10.4. The number of fused-ring (bicyclic) bond motifs is 1. The van der Waals surface area contributed by atoms with Crippen molar-refractivity contribution in [3.8, 4) is 0 Å². The Morgan fingerprint density at radius 2 is 1.79 bits per heavy atom. The number of nitrogens with zero attached hydrogens (tertiary/aromatic N) is 1. The molecular weight excluding hydrogens is 178 g/mol. The van der Waals surface area contributed by atoms with Crippen LogP contribution in [0.25, 0.3) is 10.8 Å². The molecule has 0 amide bonds. The Morgan fingerprint density at radius 3 is 2.43 bits per heavy atom. The van der Waals surface area contributed by atoms with Crippen molar-refractivity contribution in [2.45, 2.75) is 0 Å². The highest BCUT2D eigenvalue weighted by Gasteiger charge is 2.11. The number of hydrogen-bond donors (Lipinski definition) is 0. The molecule has 69 valence electrons. The van der Waals surface area contributed by atoms with Gasteiger partial charge in [-0.1, -0.05) is 30.3 Å². The van der Waals surface area contributed by atoms with Crippen LogP contribution in [-0.4, -0.2) is 4.92 Å². The van der Waals surface area contributed by atoms with Gasteiger partial charge in [0.05, 0.1) is 10.3 Å². The second-order valence-corrected chi connectivity index (χ2v) is 3.05. The minimum atomic E-state index is -0.378. The number of hydrogen-bond acceptors (Lipinski definition) is 2. The summed E-state index contributed by atoms with van der Waals surface area (Å²) in [6, 6.07) is 10.5. The molecule has 14 heavy (non-hydrogen) atoms. The molecule has 0 atom stereocenters. The third-order valence-corrected chi connectivity index (χ3v) is 2.17. The van der Waals surface area contributed by atoms with Crippen molar-refractivity contribution in [1.29, 1.82) is 0 Å². The summed E-state index contributed by atoms with van der Waals surface area (Å²) in [5, 5.41) is 12.2. The molecule has 0 aliphatic carbocycles. The van der Waals surface area contributed by atoms with Crippen LogP contribution in [0.15, 0.2) is 36.4 Å².